The van der Waals surface area contributed by atoms with E-state index < -0.39 is 0 Å². The summed E-state index contributed by atoms with van der Waals surface area (Å²) in [5.41, 5.74) is 3.72. The molecule has 0 aliphatic carbocycles. The Balaban J connectivity index is 1.54. The van der Waals surface area contributed by atoms with E-state index >= 15 is 0 Å². The summed E-state index contributed by atoms with van der Waals surface area (Å²) in [6, 6.07) is 22.7. The molecule has 0 atom stereocenters. The van der Waals surface area contributed by atoms with Gasteiger partial charge in [-0.2, -0.15) is 5.11 Å². The molecule has 0 aliphatic rings. The van der Waals surface area contributed by atoms with Crippen molar-refractivity contribution in [3.05, 3.63) is 83.9 Å². The predicted molar refractivity (Wildman–Crippen MR) is 116 cm³/mol. The molecule has 0 amide bonds. The first-order valence-corrected chi connectivity index (χ1v) is 9.74. The summed E-state index contributed by atoms with van der Waals surface area (Å²) in [7, 11) is 0. The fraction of sp³-hybridized carbons (Fsp3) is 0.0455. The lowest BCUT2D eigenvalue weighted by Crippen LogP contribution is -1.82. The first kappa shape index (κ1) is 18.6. The minimum absolute atomic E-state index is 0.0143. The van der Waals surface area contributed by atoms with Gasteiger partial charge >= 0.3 is 0 Å². The van der Waals surface area contributed by atoms with E-state index in [1.807, 2.05) is 61.5 Å². The van der Waals surface area contributed by atoms with Gasteiger partial charge in [0.1, 0.15) is 10.7 Å². The van der Waals surface area contributed by atoms with E-state index in [1.54, 1.807) is 24.4 Å². The standard InChI is InChI=1S/C22H17N5OS/c1-15-7-5-11-18(13-15)24-25-19-12-6-10-17(20(19)28)14-23-22-27-26-21(29-22)16-8-3-2-4-9-16/h2-14,28H,1H3/b23-14+,25-24?. The smallest absolute Gasteiger partial charge is 0.231 e. The molecule has 4 rings (SSSR count). The van der Waals surface area contributed by atoms with Gasteiger partial charge in [-0.1, -0.05) is 59.9 Å². The number of aliphatic imine (C=N–C) groups is 1. The number of hydrogen-bond donors (Lipinski definition) is 1. The summed E-state index contributed by atoms with van der Waals surface area (Å²) >= 11 is 1.38. The molecule has 0 fully saturated rings. The molecule has 0 radical (unpaired) electrons. The highest BCUT2D eigenvalue weighted by molar-refractivity contribution is 7.18. The first-order chi connectivity index (χ1) is 14.2. The number of nitrogens with zero attached hydrogens (tertiary/aromatic N) is 5. The van der Waals surface area contributed by atoms with Crippen LogP contribution in [0.25, 0.3) is 10.6 Å². The largest absolute Gasteiger partial charge is 0.505 e. The number of hydrogen-bond acceptors (Lipinski definition) is 7. The van der Waals surface area contributed by atoms with Gasteiger partial charge in [0, 0.05) is 17.3 Å². The average Bonchev–Trinajstić information content (AvgIpc) is 3.22. The van der Waals surface area contributed by atoms with Crippen LogP contribution in [0.1, 0.15) is 11.1 Å². The fourth-order valence-corrected chi connectivity index (χ4v) is 3.32. The average molecular weight is 399 g/mol. The van der Waals surface area contributed by atoms with Crippen molar-refractivity contribution in [2.45, 2.75) is 6.92 Å². The minimum Gasteiger partial charge on any atom is -0.505 e. The first-order valence-electron chi connectivity index (χ1n) is 8.92. The molecule has 1 N–H and O–H groups in total. The zero-order chi connectivity index (χ0) is 20.1. The molecule has 142 valence electrons. The predicted octanol–water partition coefficient (Wildman–Crippen LogP) is 6.39. The highest BCUT2D eigenvalue weighted by atomic mass is 32.1. The Morgan fingerprint density at radius 3 is 2.55 bits per heavy atom. The molecule has 4 aromatic rings. The second-order valence-electron chi connectivity index (χ2n) is 6.27. The number of phenols is 1. The van der Waals surface area contributed by atoms with E-state index in [-0.39, 0.29) is 5.75 Å². The minimum atomic E-state index is 0.0143. The summed E-state index contributed by atoms with van der Waals surface area (Å²) in [5.74, 6) is 0.0143. The summed E-state index contributed by atoms with van der Waals surface area (Å²) in [6.07, 6.45) is 1.55. The van der Waals surface area contributed by atoms with Crippen molar-refractivity contribution >= 4 is 34.1 Å². The molecular formula is C22H17N5OS. The Morgan fingerprint density at radius 2 is 1.72 bits per heavy atom. The number of rotatable bonds is 5. The number of para-hydroxylation sites is 1. The van der Waals surface area contributed by atoms with Gasteiger partial charge in [0.2, 0.25) is 5.13 Å². The Labute approximate surface area is 172 Å². The van der Waals surface area contributed by atoms with Gasteiger partial charge in [-0.25, -0.2) is 4.99 Å². The lowest BCUT2D eigenvalue weighted by Gasteiger charge is -2.01. The van der Waals surface area contributed by atoms with E-state index in [1.165, 1.54) is 11.3 Å². The van der Waals surface area contributed by atoms with Crippen LogP contribution in [0.4, 0.5) is 16.5 Å². The second-order valence-corrected chi connectivity index (χ2v) is 7.22. The summed E-state index contributed by atoms with van der Waals surface area (Å²) in [6.45, 7) is 1.99. The molecular weight excluding hydrogens is 382 g/mol. The normalized spacial score (nSPS) is 11.5. The van der Waals surface area contributed by atoms with Gasteiger partial charge in [-0.05, 0) is 36.8 Å². The van der Waals surface area contributed by atoms with Crippen molar-refractivity contribution in [1.82, 2.24) is 10.2 Å². The van der Waals surface area contributed by atoms with E-state index in [0.717, 1.165) is 21.8 Å². The molecule has 0 saturated carbocycles. The number of aryl methyl sites for hydroxylation is 1. The van der Waals surface area contributed by atoms with E-state index in [0.29, 0.717) is 16.4 Å². The summed E-state index contributed by atoms with van der Waals surface area (Å²) in [5, 5.41) is 28.4. The topological polar surface area (TPSA) is 83.1 Å². The molecule has 1 aromatic heterocycles. The van der Waals surface area contributed by atoms with Crippen LogP contribution in [0.3, 0.4) is 0 Å². The van der Waals surface area contributed by atoms with Gasteiger partial charge < -0.3 is 5.11 Å². The lowest BCUT2D eigenvalue weighted by atomic mass is 10.2. The van der Waals surface area contributed by atoms with Gasteiger partial charge in [0.15, 0.2) is 5.75 Å². The van der Waals surface area contributed by atoms with Crippen LogP contribution >= 0.6 is 11.3 Å². The summed E-state index contributed by atoms with van der Waals surface area (Å²) < 4.78 is 0. The third kappa shape index (κ3) is 4.59. The molecule has 3 aromatic carbocycles. The fourth-order valence-electron chi connectivity index (χ4n) is 2.63. The van der Waals surface area contributed by atoms with Crippen molar-refractivity contribution < 1.29 is 5.11 Å². The second kappa shape index (κ2) is 8.53. The molecule has 1 heterocycles. The maximum atomic E-state index is 10.5. The van der Waals surface area contributed by atoms with Crippen LogP contribution in [-0.4, -0.2) is 21.5 Å². The van der Waals surface area contributed by atoms with Gasteiger partial charge in [-0.15, -0.1) is 15.3 Å². The van der Waals surface area contributed by atoms with Crippen molar-refractivity contribution in [2.24, 2.45) is 15.2 Å². The van der Waals surface area contributed by atoms with E-state index in [2.05, 4.69) is 25.4 Å². The third-order valence-electron chi connectivity index (χ3n) is 4.07. The molecule has 0 aliphatic heterocycles. The number of benzene rings is 3. The quantitative estimate of drug-likeness (QED) is 0.312. The summed E-state index contributed by atoms with van der Waals surface area (Å²) in [4.78, 5) is 4.34. The highest BCUT2D eigenvalue weighted by Gasteiger charge is 2.07. The zero-order valence-electron chi connectivity index (χ0n) is 15.6. The Bertz CT molecular complexity index is 1180. The van der Waals surface area contributed by atoms with E-state index in [4.69, 9.17) is 0 Å². The molecule has 7 heteroatoms. The maximum Gasteiger partial charge on any atom is 0.231 e. The molecule has 0 saturated heterocycles. The lowest BCUT2D eigenvalue weighted by molar-refractivity contribution is 0.475. The van der Waals surface area contributed by atoms with Crippen molar-refractivity contribution in [3.8, 4) is 16.3 Å². The molecule has 0 spiro atoms. The van der Waals surface area contributed by atoms with Crippen LogP contribution in [0.2, 0.25) is 0 Å². The Morgan fingerprint density at radius 1 is 0.897 bits per heavy atom. The van der Waals surface area contributed by atoms with Crippen molar-refractivity contribution in [1.29, 1.82) is 0 Å². The molecule has 29 heavy (non-hydrogen) atoms. The van der Waals surface area contributed by atoms with Gasteiger partial charge in [0.25, 0.3) is 0 Å². The SMILES string of the molecule is Cc1cccc(N=Nc2cccc(/C=N/c3nnc(-c4ccccc4)s3)c2O)c1. The molecule has 0 unspecified atom stereocenters. The number of phenolic OH excluding ortho intramolecular Hbond substituents is 1. The van der Waals surface area contributed by atoms with Crippen LogP contribution in [0, 0.1) is 6.92 Å². The number of aromatic nitrogens is 2. The monoisotopic (exact) mass is 399 g/mol. The van der Waals surface area contributed by atoms with Gasteiger partial charge in [-0.3, -0.25) is 0 Å². The van der Waals surface area contributed by atoms with E-state index in [9.17, 15) is 5.11 Å². The van der Waals surface area contributed by atoms with Crippen LogP contribution < -0.4 is 0 Å². The molecule has 0 bridgehead atoms. The van der Waals surface area contributed by atoms with Crippen molar-refractivity contribution in [3.63, 3.8) is 0 Å². The molecule has 6 nitrogen and oxygen atoms in total. The Kier molecular flexibility index (Phi) is 5.49. The van der Waals surface area contributed by atoms with Crippen LogP contribution in [0.15, 0.2) is 88.0 Å². The van der Waals surface area contributed by atoms with Crippen molar-refractivity contribution in [2.75, 3.05) is 0 Å². The third-order valence-corrected chi connectivity index (χ3v) is 4.95. The van der Waals surface area contributed by atoms with Crippen LogP contribution in [0.5, 0.6) is 5.75 Å². The highest BCUT2D eigenvalue weighted by Crippen LogP contribution is 2.32. The maximum absolute atomic E-state index is 10.5. The van der Waals surface area contributed by atoms with Crippen LogP contribution in [-0.2, 0) is 0 Å². The Hall–Kier alpha value is -3.71. The van der Waals surface area contributed by atoms with Gasteiger partial charge in [0.05, 0.1) is 5.69 Å². The number of azo groups is 1. The number of aromatic hydroxyl groups is 1. The zero-order valence-corrected chi connectivity index (χ0v) is 16.4.